The number of rotatable bonds is 6. The van der Waals surface area contributed by atoms with Crippen molar-refractivity contribution in [2.24, 2.45) is 5.84 Å². The van der Waals surface area contributed by atoms with Gasteiger partial charge in [-0.25, -0.2) is 5.84 Å². The molecular formula is C14H23N3O3S. The summed E-state index contributed by atoms with van der Waals surface area (Å²) in [5, 5.41) is 8.77. The Morgan fingerprint density at radius 2 is 2.29 bits per heavy atom. The van der Waals surface area contributed by atoms with Crippen LogP contribution in [0.4, 0.5) is 0 Å². The topological polar surface area (TPSA) is 87.8 Å². The maximum absolute atomic E-state index is 11.5. The van der Waals surface area contributed by atoms with E-state index in [4.69, 9.17) is 15.7 Å². The van der Waals surface area contributed by atoms with Crippen molar-refractivity contribution in [1.29, 1.82) is 0 Å². The van der Waals surface area contributed by atoms with E-state index in [0.717, 1.165) is 37.4 Å². The maximum atomic E-state index is 11.5. The molecule has 7 heteroatoms. The van der Waals surface area contributed by atoms with Gasteiger partial charge in [0.2, 0.25) is 0 Å². The minimum Gasteiger partial charge on any atom is -0.394 e. The molecule has 4 N–H and O–H groups in total. The van der Waals surface area contributed by atoms with Crippen LogP contribution in [0.25, 0.3) is 0 Å². The summed E-state index contributed by atoms with van der Waals surface area (Å²) in [4.78, 5) is 15.7. The lowest BCUT2D eigenvalue weighted by molar-refractivity contribution is -0.00901. The molecule has 1 amide bonds. The molecule has 0 aliphatic carbocycles. The van der Waals surface area contributed by atoms with Gasteiger partial charge in [-0.15, -0.1) is 11.3 Å². The Labute approximate surface area is 128 Å². The van der Waals surface area contributed by atoms with E-state index in [1.54, 1.807) is 0 Å². The molecule has 2 rings (SSSR count). The monoisotopic (exact) mass is 313 g/mol. The fourth-order valence-electron chi connectivity index (χ4n) is 2.55. The van der Waals surface area contributed by atoms with E-state index in [1.807, 2.05) is 13.0 Å². The van der Waals surface area contributed by atoms with Gasteiger partial charge in [-0.1, -0.05) is 0 Å². The molecule has 2 heterocycles. The largest absolute Gasteiger partial charge is 0.394 e. The van der Waals surface area contributed by atoms with E-state index in [9.17, 15) is 4.79 Å². The average Bonchev–Trinajstić information content (AvgIpc) is 2.87. The number of hydrogen-bond donors (Lipinski definition) is 3. The zero-order chi connectivity index (χ0) is 15.2. The number of nitrogens with zero attached hydrogens (tertiary/aromatic N) is 1. The molecule has 0 atom stereocenters. The highest BCUT2D eigenvalue weighted by Gasteiger charge is 2.21. The summed E-state index contributed by atoms with van der Waals surface area (Å²) in [5.41, 5.74) is 3.36. The Bertz CT molecular complexity index is 470. The first-order valence-corrected chi connectivity index (χ1v) is 8.00. The summed E-state index contributed by atoms with van der Waals surface area (Å²) in [6.07, 6.45) is 2.23. The van der Waals surface area contributed by atoms with Gasteiger partial charge in [0.1, 0.15) is 0 Å². The van der Waals surface area contributed by atoms with Crippen molar-refractivity contribution in [3.05, 3.63) is 21.4 Å². The van der Waals surface area contributed by atoms with Crippen molar-refractivity contribution in [1.82, 2.24) is 10.3 Å². The number of nitrogens with two attached hydrogens (primary N) is 1. The lowest BCUT2D eigenvalue weighted by Crippen LogP contribution is -2.37. The molecular weight excluding hydrogens is 290 g/mol. The summed E-state index contributed by atoms with van der Waals surface area (Å²) in [7, 11) is 0. The summed E-state index contributed by atoms with van der Waals surface area (Å²) in [5.74, 6) is 4.94. The van der Waals surface area contributed by atoms with Crippen molar-refractivity contribution < 1.29 is 14.6 Å². The van der Waals surface area contributed by atoms with E-state index in [1.165, 1.54) is 16.9 Å². The number of hydrogen-bond acceptors (Lipinski definition) is 6. The van der Waals surface area contributed by atoms with E-state index in [0.29, 0.717) is 11.5 Å². The molecule has 1 aromatic heterocycles. The number of ether oxygens (including phenoxy) is 1. The summed E-state index contributed by atoms with van der Waals surface area (Å²) < 4.78 is 5.56. The minimum atomic E-state index is -0.231. The molecule has 6 nitrogen and oxygen atoms in total. The predicted molar refractivity (Wildman–Crippen MR) is 82.0 cm³/mol. The molecule has 0 aromatic carbocycles. The molecule has 0 unspecified atom stereocenters. The van der Waals surface area contributed by atoms with Crippen LogP contribution < -0.4 is 11.3 Å². The van der Waals surface area contributed by atoms with E-state index in [-0.39, 0.29) is 18.6 Å². The zero-order valence-electron chi connectivity index (χ0n) is 12.3. The van der Waals surface area contributed by atoms with Crippen molar-refractivity contribution >= 4 is 17.2 Å². The first-order valence-electron chi connectivity index (χ1n) is 7.19. The summed E-state index contributed by atoms with van der Waals surface area (Å²) >= 11 is 1.48. The Morgan fingerprint density at radius 1 is 1.57 bits per heavy atom. The number of thiophene rings is 1. The number of aryl methyl sites for hydroxylation is 1. The summed E-state index contributed by atoms with van der Waals surface area (Å²) in [6.45, 7) is 5.34. The molecule has 21 heavy (non-hydrogen) atoms. The standard InChI is InChI=1S/C14H23N3O3S/c1-10-11(8-13(21-10)14(19)16-15)9-17-4-2-12(3-5-17)20-7-6-18/h8,12,18H,2-7,9,15H2,1H3,(H,16,19). The Kier molecular flexibility index (Phi) is 6.13. The number of nitrogen functional groups attached to an aromatic ring is 1. The van der Waals surface area contributed by atoms with Gasteiger partial charge in [-0.05, 0) is 31.4 Å². The number of piperidine rings is 1. The average molecular weight is 313 g/mol. The SMILES string of the molecule is Cc1sc(C(=O)NN)cc1CN1CCC(OCCO)CC1. The number of carbonyl (C=O) groups excluding carboxylic acids is 1. The molecule has 0 bridgehead atoms. The van der Waals surface area contributed by atoms with Crippen LogP contribution in [-0.2, 0) is 11.3 Å². The number of aliphatic hydroxyl groups is 1. The molecule has 118 valence electrons. The molecule has 0 radical (unpaired) electrons. The van der Waals surface area contributed by atoms with Crippen LogP contribution in [0, 0.1) is 6.92 Å². The lowest BCUT2D eigenvalue weighted by Gasteiger charge is -2.31. The Hall–Kier alpha value is -0.990. The maximum Gasteiger partial charge on any atom is 0.275 e. The molecule has 1 aliphatic rings. The van der Waals surface area contributed by atoms with Crippen molar-refractivity contribution in [3.63, 3.8) is 0 Å². The number of likely N-dealkylation sites (tertiary alicyclic amines) is 1. The van der Waals surface area contributed by atoms with Crippen LogP contribution in [0.1, 0.15) is 33.0 Å². The van der Waals surface area contributed by atoms with Crippen LogP contribution in [0.2, 0.25) is 0 Å². The van der Waals surface area contributed by atoms with Gasteiger partial charge < -0.3 is 9.84 Å². The third kappa shape index (κ3) is 4.49. The second-order valence-electron chi connectivity index (χ2n) is 5.24. The quantitative estimate of drug-likeness (QED) is 0.407. The normalized spacial score (nSPS) is 17.1. The first-order chi connectivity index (χ1) is 10.1. The molecule has 1 aliphatic heterocycles. The van der Waals surface area contributed by atoms with E-state index >= 15 is 0 Å². The Balaban J connectivity index is 1.86. The molecule has 1 fully saturated rings. The van der Waals surface area contributed by atoms with Gasteiger partial charge in [0.25, 0.3) is 5.91 Å². The van der Waals surface area contributed by atoms with E-state index in [2.05, 4.69) is 10.3 Å². The third-order valence-corrected chi connectivity index (χ3v) is 4.84. The van der Waals surface area contributed by atoms with Gasteiger partial charge in [-0.2, -0.15) is 0 Å². The number of hydrazine groups is 1. The van der Waals surface area contributed by atoms with E-state index < -0.39 is 0 Å². The van der Waals surface area contributed by atoms with Gasteiger partial charge in [0, 0.05) is 24.5 Å². The van der Waals surface area contributed by atoms with Crippen LogP contribution in [0.5, 0.6) is 0 Å². The molecule has 1 aromatic rings. The van der Waals surface area contributed by atoms with Crippen LogP contribution in [0.15, 0.2) is 6.07 Å². The number of aliphatic hydroxyl groups excluding tert-OH is 1. The zero-order valence-corrected chi connectivity index (χ0v) is 13.1. The molecule has 1 saturated heterocycles. The van der Waals surface area contributed by atoms with Crippen molar-refractivity contribution in [2.45, 2.75) is 32.4 Å². The third-order valence-electron chi connectivity index (χ3n) is 3.75. The fraction of sp³-hybridized carbons (Fsp3) is 0.643. The van der Waals surface area contributed by atoms with Crippen LogP contribution in [-0.4, -0.2) is 48.3 Å². The van der Waals surface area contributed by atoms with Crippen molar-refractivity contribution in [2.75, 3.05) is 26.3 Å². The predicted octanol–water partition coefficient (Wildman–Crippen LogP) is 0.633. The van der Waals surface area contributed by atoms with Crippen LogP contribution in [0.3, 0.4) is 0 Å². The van der Waals surface area contributed by atoms with Crippen LogP contribution >= 0.6 is 11.3 Å². The summed E-state index contributed by atoms with van der Waals surface area (Å²) in [6, 6.07) is 1.93. The van der Waals surface area contributed by atoms with Crippen molar-refractivity contribution in [3.8, 4) is 0 Å². The molecule has 0 spiro atoms. The van der Waals surface area contributed by atoms with Gasteiger partial charge in [0.05, 0.1) is 24.2 Å². The number of nitrogens with one attached hydrogen (secondary N) is 1. The van der Waals surface area contributed by atoms with Gasteiger partial charge >= 0.3 is 0 Å². The number of carbonyl (C=O) groups is 1. The second-order valence-corrected chi connectivity index (χ2v) is 6.49. The molecule has 0 saturated carbocycles. The van der Waals surface area contributed by atoms with Gasteiger partial charge in [-0.3, -0.25) is 15.1 Å². The highest BCUT2D eigenvalue weighted by molar-refractivity contribution is 7.14. The second kappa shape index (κ2) is 7.86. The smallest absolute Gasteiger partial charge is 0.275 e. The number of amides is 1. The van der Waals surface area contributed by atoms with Gasteiger partial charge in [0.15, 0.2) is 0 Å². The first kappa shape index (κ1) is 16.4. The minimum absolute atomic E-state index is 0.0836. The highest BCUT2D eigenvalue weighted by atomic mass is 32.1. The fourth-order valence-corrected chi connectivity index (χ4v) is 3.49. The highest BCUT2D eigenvalue weighted by Crippen LogP contribution is 2.24. The lowest BCUT2D eigenvalue weighted by atomic mass is 10.1. The Morgan fingerprint density at radius 3 is 2.90 bits per heavy atom.